The van der Waals surface area contributed by atoms with Gasteiger partial charge in [-0.2, -0.15) is 0 Å². The summed E-state index contributed by atoms with van der Waals surface area (Å²) in [6, 6.07) is 4.62. The summed E-state index contributed by atoms with van der Waals surface area (Å²) in [6.07, 6.45) is 1.47. The second-order valence-corrected chi connectivity index (χ2v) is 3.63. The van der Waals surface area contributed by atoms with Gasteiger partial charge in [0.15, 0.2) is 0 Å². The average molecular weight is 199 g/mol. The molecule has 0 aliphatic carbocycles. The predicted molar refractivity (Wildman–Crippen MR) is 54.5 cm³/mol. The van der Waals surface area contributed by atoms with E-state index in [1.54, 1.807) is 12.1 Å². The minimum Gasteiger partial charge on any atom is -0.207 e. The first-order chi connectivity index (χ1) is 6.09. The molecule has 1 aromatic rings. The first-order valence-corrected chi connectivity index (χ1v) is 4.55. The van der Waals surface area contributed by atoms with E-state index in [0.717, 1.165) is 12.0 Å². The monoisotopic (exact) mass is 198 g/mol. The van der Waals surface area contributed by atoms with Crippen molar-refractivity contribution >= 4 is 11.6 Å². The van der Waals surface area contributed by atoms with Crippen LogP contribution in [0.5, 0.6) is 0 Å². The molecule has 0 N–H and O–H groups in total. The van der Waals surface area contributed by atoms with Crippen LogP contribution in [0.4, 0.5) is 4.39 Å². The molecule has 0 spiro atoms. The molecule has 0 aliphatic heterocycles. The summed E-state index contributed by atoms with van der Waals surface area (Å²) in [4.78, 5) is 0. The first kappa shape index (κ1) is 10.3. The van der Waals surface area contributed by atoms with Gasteiger partial charge in [0.1, 0.15) is 5.82 Å². The smallest absolute Gasteiger partial charge is 0.126 e. The third kappa shape index (κ3) is 3.19. The Labute approximate surface area is 83.0 Å². The van der Waals surface area contributed by atoms with Gasteiger partial charge in [0.2, 0.25) is 0 Å². The fourth-order valence-electron chi connectivity index (χ4n) is 1.08. The molecule has 0 unspecified atom stereocenters. The third-order valence-electron chi connectivity index (χ3n) is 1.83. The van der Waals surface area contributed by atoms with Crippen LogP contribution in [0.1, 0.15) is 18.9 Å². The van der Waals surface area contributed by atoms with Crippen LogP contribution >= 0.6 is 11.6 Å². The second-order valence-electron chi connectivity index (χ2n) is 3.19. The van der Waals surface area contributed by atoms with Gasteiger partial charge >= 0.3 is 0 Å². The van der Waals surface area contributed by atoms with Crippen LogP contribution in [0.15, 0.2) is 30.4 Å². The number of allylic oxidation sites excluding steroid dienone is 1. The molecule has 0 saturated heterocycles. The Bertz CT molecular complexity index is 318. The highest BCUT2D eigenvalue weighted by molar-refractivity contribution is 6.30. The Kier molecular flexibility index (Phi) is 3.49. The van der Waals surface area contributed by atoms with Crippen LogP contribution in [0.25, 0.3) is 0 Å². The van der Waals surface area contributed by atoms with Crippen LogP contribution < -0.4 is 0 Å². The fraction of sp³-hybridized carbons (Fsp3) is 0.273. The zero-order chi connectivity index (χ0) is 9.84. The standard InChI is InChI=1S/C11H12ClF/c1-8(2)3-4-9-7-10(12)5-6-11(9)13/h5-7H,1,3-4H2,2H3. The van der Waals surface area contributed by atoms with E-state index in [4.69, 9.17) is 11.6 Å². The van der Waals surface area contributed by atoms with E-state index in [2.05, 4.69) is 6.58 Å². The third-order valence-corrected chi connectivity index (χ3v) is 2.06. The van der Waals surface area contributed by atoms with E-state index in [0.29, 0.717) is 17.0 Å². The van der Waals surface area contributed by atoms with E-state index in [1.807, 2.05) is 6.92 Å². The van der Waals surface area contributed by atoms with Crippen molar-refractivity contribution < 1.29 is 4.39 Å². The number of aryl methyl sites for hydroxylation is 1. The van der Waals surface area contributed by atoms with Crippen molar-refractivity contribution in [2.75, 3.05) is 0 Å². The lowest BCUT2D eigenvalue weighted by Gasteiger charge is -2.03. The Morgan fingerprint density at radius 3 is 2.85 bits per heavy atom. The highest BCUT2D eigenvalue weighted by Crippen LogP contribution is 2.17. The SMILES string of the molecule is C=C(C)CCc1cc(Cl)ccc1F. The first-order valence-electron chi connectivity index (χ1n) is 4.18. The molecule has 13 heavy (non-hydrogen) atoms. The molecule has 0 nitrogen and oxygen atoms in total. The summed E-state index contributed by atoms with van der Waals surface area (Å²) < 4.78 is 13.1. The molecular formula is C11H12ClF. The Morgan fingerprint density at radius 1 is 1.54 bits per heavy atom. The molecule has 0 aromatic heterocycles. The van der Waals surface area contributed by atoms with Gasteiger partial charge in [0.25, 0.3) is 0 Å². The number of hydrogen-bond acceptors (Lipinski definition) is 0. The predicted octanol–water partition coefficient (Wildman–Crippen LogP) is 3.99. The van der Waals surface area contributed by atoms with Gasteiger partial charge < -0.3 is 0 Å². The topological polar surface area (TPSA) is 0 Å². The van der Waals surface area contributed by atoms with Crippen molar-refractivity contribution in [2.45, 2.75) is 19.8 Å². The quantitative estimate of drug-likeness (QED) is 0.645. The lowest BCUT2D eigenvalue weighted by atomic mass is 10.1. The van der Waals surface area contributed by atoms with Crippen LogP contribution in [-0.2, 0) is 6.42 Å². The number of halogens is 2. The molecule has 0 aliphatic rings. The number of benzene rings is 1. The van der Waals surface area contributed by atoms with Gasteiger partial charge in [0, 0.05) is 5.02 Å². The van der Waals surface area contributed by atoms with Gasteiger partial charge in [-0.3, -0.25) is 0 Å². The number of rotatable bonds is 3. The van der Waals surface area contributed by atoms with Crippen molar-refractivity contribution in [2.24, 2.45) is 0 Å². The molecule has 0 fully saturated rings. The maximum atomic E-state index is 13.1. The second kappa shape index (κ2) is 4.43. The molecule has 1 aromatic carbocycles. The maximum absolute atomic E-state index is 13.1. The van der Waals surface area contributed by atoms with E-state index in [9.17, 15) is 4.39 Å². The molecule has 0 heterocycles. The molecule has 0 bridgehead atoms. The summed E-state index contributed by atoms with van der Waals surface area (Å²) in [5, 5.41) is 0.582. The minimum absolute atomic E-state index is 0.189. The normalized spacial score (nSPS) is 10.1. The summed E-state index contributed by atoms with van der Waals surface area (Å²) in [5.41, 5.74) is 1.72. The molecule has 2 heteroatoms. The lowest BCUT2D eigenvalue weighted by Crippen LogP contribution is -1.90. The zero-order valence-corrected chi connectivity index (χ0v) is 8.37. The molecule has 70 valence electrons. The van der Waals surface area contributed by atoms with Crippen molar-refractivity contribution in [1.82, 2.24) is 0 Å². The van der Waals surface area contributed by atoms with Crippen molar-refractivity contribution in [3.63, 3.8) is 0 Å². The van der Waals surface area contributed by atoms with Crippen LogP contribution in [0, 0.1) is 5.82 Å². The van der Waals surface area contributed by atoms with E-state index in [1.165, 1.54) is 6.07 Å². The highest BCUT2D eigenvalue weighted by atomic mass is 35.5. The van der Waals surface area contributed by atoms with E-state index in [-0.39, 0.29) is 5.82 Å². The molecule has 0 atom stereocenters. The minimum atomic E-state index is -0.189. The van der Waals surface area contributed by atoms with Gasteiger partial charge in [-0.15, -0.1) is 6.58 Å². The largest absolute Gasteiger partial charge is 0.207 e. The molecule has 1 rings (SSSR count). The average Bonchev–Trinajstić information content (AvgIpc) is 2.06. The van der Waals surface area contributed by atoms with Crippen molar-refractivity contribution in [3.8, 4) is 0 Å². The summed E-state index contributed by atoms with van der Waals surface area (Å²) in [7, 11) is 0. The highest BCUT2D eigenvalue weighted by Gasteiger charge is 2.02. The Hall–Kier alpha value is -0.820. The van der Waals surface area contributed by atoms with E-state index < -0.39 is 0 Å². The van der Waals surface area contributed by atoms with Crippen LogP contribution in [-0.4, -0.2) is 0 Å². The molecule has 0 saturated carbocycles. The molecule has 0 amide bonds. The van der Waals surface area contributed by atoms with Crippen LogP contribution in [0.2, 0.25) is 5.02 Å². The fourth-order valence-corrected chi connectivity index (χ4v) is 1.28. The zero-order valence-electron chi connectivity index (χ0n) is 7.61. The summed E-state index contributed by atoms with van der Waals surface area (Å²) >= 11 is 5.74. The maximum Gasteiger partial charge on any atom is 0.126 e. The van der Waals surface area contributed by atoms with Crippen LogP contribution in [0.3, 0.4) is 0 Å². The number of hydrogen-bond donors (Lipinski definition) is 0. The van der Waals surface area contributed by atoms with Gasteiger partial charge in [-0.25, -0.2) is 4.39 Å². The van der Waals surface area contributed by atoms with Gasteiger partial charge in [0.05, 0.1) is 0 Å². The Balaban J connectivity index is 2.75. The van der Waals surface area contributed by atoms with Crippen molar-refractivity contribution in [1.29, 1.82) is 0 Å². The summed E-state index contributed by atoms with van der Waals surface area (Å²) in [5.74, 6) is -0.189. The lowest BCUT2D eigenvalue weighted by molar-refractivity contribution is 0.608. The van der Waals surface area contributed by atoms with Gasteiger partial charge in [-0.1, -0.05) is 17.2 Å². The Morgan fingerprint density at radius 2 is 2.23 bits per heavy atom. The molecular weight excluding hydrogens is 187 g/mol. The molecule has 0 radical (unpaired) electrons. The van der Waals surface area contributed by atoms with Crippen molar-refractivity contribution in [3.05, 3.63) is 46.8 Å². The summed E-state index contributed by atoms with van der Waals surface area (Å²) in [6.45, 7) is 5.70. The van der Waals surface area contributed by atoms with E-state index >= 15 is 0 Å². The van der Waals surface area contributed by atoms with Gasteiger partial charge in [-0.05, 0) is 43.5 Å².